The first-order chi connectivity index (χ1) is 8.29. The van der Waals surface area contributed by atoms with Crippen LogP contribution in [-0.4, -0.2) is 23.1 Å². The van der Waals surface area contributed by atoms with Crippen molar-refractivity contribution in [2.24, 2.45) is 5.73 Å². The van der Waals surface area contributed by atoms with Crippen molar-refractivity contribution in [3.8, 4) is 11.3 Å². The molecule has 0 aliphatic heterocycles. The second-order valence-electron chi connectivity index (χ2n) is 3.87. The first kappa shape index (κ1) is 11.5. The molecule has 17 heavy (non-hydrogen) atoms. The predicted octanol–water partition coefficient (Wildman–Crippen LogP) is 1.82. The molecule has 0 amide bonds. The summed E-state index contributed by atoms with van der Waals surface area (Å²) in [4.78, 5) is 8.41. The van der Waals surface area contributed by atoms with Crippen molar-refractivity contribution in [2.75, 3.05) is 18.4 Å². The van der Waals surface area contributed by atoms with Crippen LogP contribution in [0.5, 0.6) is 0 Å². The van der Waals surface area contributed by atoms with Crippen molar-refractivity contribution < 1.29 is 0 Å². The molecule has 88 valence electrons. The van der Waals surface area contributed by atoms with Crippen molar-refractivity contribution in [3.05, 3.63) is 42.2 Å². The topological polar surface area (TPSA) is 63.8 Å². The molecule has 0 radical (unpaired) electrons. The molecule has 2 rings (SSSR count). The summed E-state index contributed by atoms with van der Waals surface area (Å²) in [5.41, 5.74) is 8.68. The van der Waals surface area contributed by atoms with Gasteiger partial charge in [0.25, 0.3) is 0 Å². The molecule has 1 aromatic heterocycles. The van der Waals surface area contributed by atoms with E-state index in [1.165, 1.54) is 5.56 Å². The third-order valence-corrected chi connectivity index (χ3v) is 2.46. The van der Waals surface area contributed by atoms with Gasteiger partial charge in [-0.25, -0.2) is 9.97 Å². The Morgan fingerprint density at radius 2 is 1.94 bits per heavy atom. The van der Waals surface area contributed by atoms with Crippen molar-refractivity contribution in [1.82, 2.24) is 9.97 Å². The Labute approximate surface area is 101 Å². The molecule has 0 saturated heterocycles. The van der Waals surface area contributed by atoms with Gasteiger partial charge in [0.2, 0.25) is 0 Å². The number of hydrogen-bond acceptors (Lipinski definition) is 4. The molecule has 4 heteroatoms. The first-order valence-corrected chi connectivity index (χ1v) is 5.62. The van der Waals surface area contributed by atoms with Gasteiger partial charge in [0.05, 0.1) is 5.69 Å². The van der Waals surface area contributed by atoms with Gasteiger partial charge in [-0.2, -0.15) is 0 Å². The quantitative estimate of drug-likeness (QED) is 0.838. The Balaban J connectivity index is 2.23. The maximum absolute atomic E-state index is 5.44. The van der Waals surface area contributed by atoms with Crippen molar-refractivity contribution in [3.63, 3.8) is 0 Å². The van der Waals surface area contributed by atoms with Crippen LogP contribution in [0.4, 0.5) is 5.82 Å². The fraction of sp³-hybridized carbons (Fsp3) is 0.231. The molecule has 0 unspecified atom stereocenters. The molecule has 0 spiro atoms. The van der Waals surface area contributed by atoms with Crippen LogP contribution in [0.3, 0.4) is 0 Å². The molecule has 4 nitrogen and oxygen atoms in total. The third kappa shape index (κ3) is 3.01. The molecule has 0 bridgehead atoms. The number of hydrogen-bond donors (Lipinski definition) is 2. The average molecular weight is 228 g/mol. The molecular formula is C13H16N4. The zero-order valence-electron chi connectivity index (χ0n) is 9.85. The molecule has 1 heterocycles. The Kier molecular flexibility index (Phi) is 3.67. The Morgan fingerprint density at radius 1 is 1.18 bits per heavy atom. The van der Waals surface area contributed by atoms with Gasteiger partial charge in [0, 0.05) is 24.7 Å². The summed E-state index contributed by atoms with van der Waals surface area (Å²) < 4.78 is 0. The fourth-order valence-electron chi connectivity index (χ4n) is 1.54. The van der Waals surface area contributed by atoms with E-state index in [1.54, 1.807) is 6.33 Å². The molecular weight excluding hydrogens is 212 g/mol. The largest absolute Gasteiger partial charge is 0.369 e. The number of benzene rings is 1. The summed E-state index contributed by atoms with van der Waals surface area (Å²) in [5, 5.41) is 3.14. The smallest absolute Gasteiger partial charge is 0.129 e. The monoisotopic (exact) mass is 228 g/mol. The standard InChI is InChI=1S/C13H16N4/c1-10-2-4-11(5-3-10)12-8-13(15-7-6-14)17-9-16-12/h2-5,8-9H,6-7,14H2,1H3,(H,15,16,17). The van der Waals surface area contributed by atoms with Gasteiger partial charge in [-0.15, -0.1) is 0 Å². The van der Waals surface area contributed by atoms with Crippen LogP contribution in [0.1, 0.15) is 5.56 Å². The third-order valence-electron chi connectivity index (χ3n) is 2.46. The van der Waals surface area contributed by atoms with Gasteiger partial charge >= 0.3 is 0 Å². The van der Waals surface area contributed by atoms with E-state index < -0.39 is 0 Å². The molecule has 3 N–H and O–H groups in total. The van der Waals surface area contributed by atoms with Crippen molar-refractivity contribution in [2.45, 2.75) is 6.92 Å². The summed E-state index contributed by atoms with van der Waals surface area (Å²) in [7, 11) is 0. The van der Waals surface area contributed by atoms with E-state index in [2.05, 4.69) is 46.5 Å². The minimum absolute atomic E-state index is 0.587. The number of nitrogens with one attached hydrogen (secondary N) is 1. The van der Waals surface area contributed by atoms with E-state index in [9.17, 15) is 0 Å². The van der Waals surface area contributed by atoms with E-state index in [-0.39, 0.29) is 0 Å². The van der Waals surface area contributed by atoms with Gasteiger partial charge in [-0.1, -0.05) is 29.8 Å². The summed E-state index contributed by atoms with van der Waals surface area (Å²) in [5.74, 6) is 0.807. The van der Waals surface area contributed by atoms with Crippen LogP contribution in [-0.2, 0) is 0 Å². The maximum Gasteiger partial charge on any atom is 0.129 e. The van der Waals surface area contributed by atoms with Gasteiger partial charge < -0.3 is 11.1 Å². The van der Waals surface area contributed by atoms with E-state index in [0.29, 0.717) is 13.1 Å². The highest BCUT2D eigenvalue weighted by Gasteiger charge is 2.01. The zero-order chi connectivity index (χ0) is 12.1. The lowest BCUT2D eigenvalue weighted by Crippen LogP contribution is -2.13. The van der Waals surface area contributed by atoms with E-state index in [1.807, 2.05) is 6.07 Å². The highest BCUT2D eigenvalue weighted by atomic mass is 15.0. The lowest BCUT2D eigenvalue weighted by atomic mass is 10.1. The van der Waals surface area contributed by atoms with Gasteiger partial charge in [0.1, 0.15) is 12.1 Å². The van der Waals surface area contributed by atoms with Crippen LogP contribution in [0, 0.1) is 6.92 Å². The van der Waals surface area contributed by atoms with Crippen molar-refractivity contribution >= 4 is 5.82 Å². The molecule has 0 aliphatic carbocycles. The molecule has 0 atom stereocenters. The SMILES string of the molecule is Cc1ccc(-c2cc(NCCN)ncn2)cc1. The van der Waals surface area contributed by atoms with E-state index in [4.69, 9.17) is 5.73 Å². The van der Waals surface area contributed by atoms with Crippen molar-refractivity contribution in [1.29, 1.82) is 0 Å². The Bertz CT molecular complexity index is 479. The summed E-state index contributed by atoms with van der Waals surface area (Å²) in [6.45, 7) is 3.37. The van der Waals surface area contributed by atoms with Gasteiger partial charge in [-0.05, 0) is 6.92 Å². The number of aromatic nitrogens is 2. The number of nitrogens with two attached hydrogens (primary N) is 1. The van der Waals surface area contributed by atoms with Crippen LogP contribution in [0.2, 0.25) is 0 Å². The van der Waals surface area contributed by atoms with E-state index >= 15 is 0 Å². The number of aryl methyl sites for hydroxylation is 1. The molecule has 0 fully saturated rings. The second-order valence-corrected chi connectivity index (χ2v) is 3.87. The highest BCUT2D eigenvalue weighted by molar-refractivity contribution is 5.62. The van der Waals surface area contributed by atoms with Gasteiger partial charge in [-0.3, -0.25) is 0 Å². The van der Waals surface area contributed by atoms with Crippen LogP contribution in [0.15, 0.2) is 36.7 Å². The fourth-order valence-corrected chi connectivity index (χ4v) is 1.54. The second kappa shape index (κ2) is 5.41. The summed E-state index contributed by atoms with van der Waals surface area (Å²) in [6.07, 6.45) is 1.56. The van der Waals surface area contributed by atoms with Crippen LogP contribution in [0.25, 0.3) is 11.3 Å². The predicted molar refractivity (Wildman–Crippen MR) is 69.7 cm³/mol. The average Bonchev–Trinajstić information content (AvgIpc) is 2.37. The number of nitrogens with zero attached hydrogens (tertiary/aromatic N) is 2. The maximum atomic E-state index is 5.44. The normalized spacial score (nSPS) is 10.2. The minimum Gasteiger partial charge on any atom is -0.369 e. The Hall–Kier alpha value is -1.94. The molecule has 2 aromatic rings. The zero-order valence-corrected chi connectivity index (χ0v) is 9.85. The van der Waals surface area contributed by atoms with Crippen LogP contribution < -0.4 is 11.1 Å². The Morgan fingerprint density at radius 3 is 2.65 bits per heavy atom. The number of rotatable bonds is 4. The van der Waals surface area contributed by atoms with Crippen LogP contribution >= 0.6 is 0 Å². The first-order valence-electron chi connectivity index (χ1n) is 5.62. The molecule has 1 aromatic carbocycles. The molecule has 0 saturated carbocycles. The van der Waals surface area contributed by atoms with Gasteiger partial charge in [0.15, 0.2) is 0 Å². The summed E-state index contributed by atoms with van der Waals surface area (Å²) >= 11 is 0. The molecule has 0 aliphatic rings. The minimum atomic E-state index is 0.587. The lowest BCUT2D eigenvalue weighted by Gasteiger charge is -2.05. The highest BCUT2D eigenvalue weighted by Crippen LogP contribution is 2.18. The van der Waals surface area contributed by atoms with E-state index in [0.717, 1.165) is 17.1 Å². The lowest BCUT2D eigenvalue weighted by molar-refractivity contribution is 1.00. The number of anilines is 1. The summed E-state index contributed by atoms with van der Waals surface area (Å²) in [6, 6.07) is 10.2.